The van der Waals surface area contributed by atoms with E-state index in [0.29, 0.717) is 12.2 Å². The second-order valence-electron chi connectivity index (χ2n) is 14.7. The molecule has 0 fully saturated rings. The molecule has 3 aliphatic rings. The predicted molar refractivity (Wildman–Crippen MR) is 243 cm³/mol. The molecule has 0 aliphatic heterocycles. The van der Waals surface area contributed by atoms with E-state index < -0.39 is 5.41 Å². The Balaban J connectivity index is 1.21. The van der Waals surface area contributed by atoms with Crippen molar-refractivity contribution >= 4 is 23.9 Å². The van der Waals surface area contributed by atoms with Crippen molar-refractivity contribution in [3.63, 3.8) is 0 Å². The zero-order valence-electron chi connectivity index (χ0n) is 32.4. The van der Waals surface area contributed by atoms with Gasteiger partial charge in [-0.3, -0.25) is 4.99 Å². The van der Waals surface area contributed by atoms with Gasteiger partial charge in [0.25, 0.3) is 0 Å². The van der Waals surface area contributed by atoms with Crippen LogP contribution in [0.2, 0.25) is 0 Å². The molecule has 0 N–H and O–H groups in total. The van der Waals surface area contributed by atoms with Crippen molar-refractivity contribution in [3.05, 3.63) is 257 Å². The number of rotatable bonds is 10. The van der Waals surface area contributed by atoms with E-state index in [9.17, 15) is 0 Å². The lowest BCUT2D eigenvalue weighted by Gasteiger charge is -2.37. The fourth-order valence-corrected chi connectivity index (χ4v) is 8.53. The Morgan fingerprint density at radius 1 is 0.655 bits per heavy atom. The molecule has 58 heavy (non-hydrogen) atoms. The molecule has 1 heterocycles. The van der Waals surface area contributed by atoms with Gasteiger partial charge in [0.15, 0.2) is 5.82 Å². The van der Waals surface area contributed by atoms with Crippen molar-refractivity contribution in [3.8, 4) is 22.5 Å². The molecule has 1 unspecified atom stereocenters. The zero-order valence-corrected chi connectivity index (χ0v) is 32.4. The average molecular weight is 746 g/mol. The third-order valence-corrected chi connectivity index (χ3v) is 11.3. The third-order valence-electron chi connectivity index (χ3n) is 11.3. The second-order valence-corrected chi connectivity index (χ2v) is 14.7. The summed E-state index contributed by atoms with van der Waals surface area (Å²) in [6.07, 6.45) is 24.9. The van der Waals surface area contributed by atoms with Gasteiger partial charge in [-0.1, -0.05) is 206 Å². The first-order chi connectivity index (χ1) is 28.7. The van der Waals surface area contributed by atoms with Gasteiger partial charge < -0.3 is 0 Å². The molecule has 278 valence electrons. The summed E-state index contributed by atoms with van der Waals surface area (Å²) in [6, 6.07) is 53.2. The number of benzene rings is 5. The van der Waals surface area contributed by atoms with Crippen molar-refractivity contribution in [2.24, 2.45) is 4.99 Å². The standard InChI is InChI=1S/C55H43N3/c1-56-51(43-26-19-27-44(36-35-43)54-57-52(41-22-9-3-10-23-41)39-53(58-54)42-24-11-4-12-25-42)38-48-47-32-17-18-33-49(47)55(45-28-13-5-14-29-45,46-30-15-6-16-31-46)50(48)37-34-40-20-7-2-8-21-40/h2-15,17-25,27-30,32-39H,1,16,26,31H2/b37-34?,51-38-. The smallest absolute Gasteiger partial charge is 0.160 e. The van der Waals surface area contributed by atoms with Crippen molar-refractivity contribution in [1.29, 1.82) is 0 Å². The molecule has 3 heteroatoms. The van der Waals surface area contributed by atoms with Gasteiger partial charge in [0.1, 0.15) is 0 Å². The maximum absolute atomic E-state index is 5.10. The van der Waals surface area contributed by atoms with Crippen LogP contribution in [0, 0.1) is 0 Å². The van der Waals surface area contributed by atoms with E-state index in [2.05, 4.69) is 183 Å². The van der Waals surface area contributed by atoms with Crippen LogP contribution in [0.5, 0.6) is 0 Å². The lowest BCUT2D eigenvalue weighted by molar-refractivity contribution is 0.688. The number of allylic oxidation sites excluding steroid dienone is 14. The molecule has 3 nitrogen and oxygen atoms in total. The fourth-order valence-electron chi connectivity index (χ4n) is 8.53. The minimum atomic E-state index is -0.492. The minimum absolute atomic E-state index is 0.492. The largest absolute Gasteiger partial charge is 0.264 e. The Labute approximate surface area is 341 Å². The Morgan fingerprint density at radius 3 is 1.95 bits per heavy atom. The monoisotopic (exact) mass is 745 g/mol. The summed E-state index contributed by atoms with van der Waals surface area (Å²) < 4.78 is 0. The van der Waals surface area contributed by atoms with Crippen LogP contribution in [0.1, 0.15) is 47.3 Å². The van der Waals surface area contributed by atoms with Gasteiger partial charge in [0, 0.05) is 16.7 Å². The summed E-state index contributed by atoms with van der Waals surface area (Å²) in [5.41, 5.74) is 14.9. The number of aromatic nitrogens is 2. The highest BCUT2D eigenvalue weighted by atomic mass is 14.9. The summed E-state index contributed by atoms with van der Waals surface area (Å²) in [7, 11) is 0. The van der Waals surface area contributed by atoms with Crippen LogP contribution in [0.15, 0.2) is 234 Å². The van der Waals surface area contributed by atoms with Crippen LogP contribution in [0.4, 0.5) is 0 Å². The van der Waals surface area contributed by atoms with Gasteiger partial charge in [0.05, 0.1) is 22.5 Å². The van der Waals surface area contributed by atoms with Gasteiger partial charge in [0.2, 0.25) is 0 Å². The molecule has 0 saturated heterocycles. The normalized spacial score (nSPS) is 17.7. The highest BCUT2D eigenvalue weighted by Gasteiger charge is 2.47. The first kappa shape index (κ1) is 36.4. The lowest BCUT2D eigenvalue weighted by atomic mass is 9.64. The predicted octanol–water partition coefficient (Wildman–Crippen LogP) is 13.4. The Bertz CT molecular complexity index is 2670. The summed E-state index contributed by atoms with van der Waals surface area (Å²) in [6.45, 7) is 4.15. The zero-order chi connectivity index (χ0) is 39.2. The number of hydrogen-bond donors (Lipinski definition) is 0. The molecular formula is C55H43N3. The van der Waals surface area contributed by atoms with E-state index in [1.54, 1.807) is 0 Å². The molecule has 9 rings (SSSR count). The van der Waals surface area contributed by atoms with Crippen LogP contribution >= 0.6 is 0 Å². The topological polar surface area (TPSA) is 38.1 Å². The van der Waals surface area contributed by atoms with Gasteiger partial charge in [-0.25, -0.2) is 9.97 Å². The Kier molecular flexibility index (Phi) is 10.3. The molecule has 1 aromatic heterocycles. The molecule has 3 aliphatic carbocycles. The molecule has 1 atom stereocenters. The lowest BCUT2D eigenvalue weighted by Crippen LogP contribution is -2.31. The van der Waals surface area contributed by atoms with Gasteiger partial charge in [-0.2, -0.15) is 0 Å². The van der Waals surface area contributed by atoms with E-state index in [0.717, 1.165) is 63.3 Å². The summed E-state index contributed by atoms with van der Waals surface area (Å²) in [5.74, 6) is 0.675. The number of fused-ring (bicyclic) bond motifs is 1. The highest BCUT2D eigenvalue weighted by molar-refractivity contribution is 5.93. The number of aliphatic imine (C=N–C) groups is 1. The summed E-state index contributed by atoms with van der Waals surface area (Å²) in [4.78, 5) is 14.9. The maximum atomic E-state index is 5.10. The first-order valence-electron chi connectivity index (χ1n) is 20.0. The van der Waals surface area contributed by atoms with E-state index in [-0.39, 0.29) is 0 Å². The molecule has 6 aromatic rings. The van der Waals surface area contributed by atoms with Crippen LogP contribution in [-0.2, 0) is 5.41 Å². The molecule has 0 spiro atoms. The van der Waals surface area contributed by atoms with Crippen molar-refractivity contribution in [2.45, 2.75) is 24.7 Å². The maximum Gasteiger partial charge on any atom is 0.160 e. The fraction of sp³-hybridized carbons (Fsp3) is 0.0727. The molecule has 0 saturated carbocycles. The van der Waals surface area contributed by atoms with Crippen LogP contribution in [-0.4, -0.2) is 16.7 Å². The SMILES string of the molecule is C=N/C(=C\C1=C(C=Cc2ccccc2)C(C2=CC=CCC2)(c2ccccc2)c2ccccc21)C1=CC=C(c2nc(-c3ccccc3)cc(-c3ccccc3)n2)C=CC1. The van der Waals surface area contributed by atoms with Crippen LogP contribution in [0.3, 0.4) is 0 Å². The molecule has 0 bridgehead atoms. The molecule has 0 radical (unpaired) electrons. The second kappa shape index (κ2) is 16.5. The van der Waals surface area contributed by atoms with E-state index in [1.165, 1.54) is 27.8 Å². The molecule has 5 aromatic carbocycles. The quantitative estimate of drug-likeness (QED) is 0.131. The molecule has 0 amide bonds. The van der Waals surface area contributed by atoms with Crippen LogP contribution < -0.4 is 0 Å². The van der Waals surface area contributed by atoms with Gasteiger partial charge in [-0.05, 0) is 77.1 Å². The molecular weight excluding hydrogens is 703 g/mol. The first-order valence-corrected chi connectivity index (χ1v) is 20.0. The van der Waals surface area contributed by atoms with Crippen LogP contribution in [0.25, 0.3) is 39.7 Å². The number of nitrogens with zero attached hydrogens (tertiary/aromatic N) is 3. The Hall–Kier alpha value is -7.23. The number of hydrogen-bond acceptors (Lipinski definition) is 3. The Morgan fingerprint density at radius 2 is 1.29 bits per heavy atom. The van der Waals surface area contributed by atoms with E-state index in [1.807, 2.05) is 36.4 Å². The van der Waals surface area contributed by atoms with Crippen molar-refractivity contribution < 1.29 is 0 Å². The summed E-state index contributed by atoms with van der Waals surface area (Å²) >= 11 is 0. The average Bonchev–Trinajstić information content (AvgIpc) is 3.39. The highest BCUT2D eigenvalue weighted by Crippen LogP contribution is 2.57. The third kappa shape index (κ3) is 7.04. The van der Waals surface area contributed by atoms with Gasteiger partial charge >= 0.3 is 0 Å². The summed E-state index contributed by atoms with van der Waals surface area (Å²) in [5, 5.41) is 0. The van der Waals surface area contributed by atoms with Crippen molar-refractivity contribution in [1.82, 2.24) is 9.97 Å². The van der Waals surface area contributed by atoms with E-state index >= 15 is 0 Å². The van der Waals surface area contributed by atoms with Crippen molar-refractivity contribution in [2.75, 3.05) is 0 Å². The minimum Gasteiger partial charge on any atom is -0.264 e. The van der Waals surface area contributed by atoms with E-state index in [4.69, 9.17) is 15.0 Å². The van der Waals surface area contributed by atoms with Gasteiger partial charge in [-0.15, -0.1) is 0 Å².